The average molecular weight is 347 g/mol. The maximum Gasteiger partial charge on any atom is 0.323 e. The summed E-state index contributed by atoms with van der Waals surface area (Å²) in [5.41, 5.74) is 0.200. The number of esters is 1. The van der Waals surface area contributed by atoms with Gasteiger partial charge < -0.3 is 9.53 Å². The minimum Gasteiger partial charge on any atom is -0.468 e. The van der Waals surface area contributed by atoms with E-state index in [1.54, 1.807) is 12.1 Å². The first-order chi connectivity index (χ1) is 10.1. The van der Waals surface area contributed by atoms with Crippen LogP contribution in [0.15, 0.2) is 59.1 Å². The van der Waals surface area contributed by atoms with Crippen molar-refractivity contribution in [2.45, 2.75) is 11.8 Å². The van der Waals surface area contributed by atoms with E-state index in [0.29, 0.717) is 11.8 Å². The summed E-state index contributed by atoms with van der Waals surface area (Å²) in [6, 6.07) is 16.6. The van der Waals surface area contributed by atoms with E-state index >= 15 is 0 Å². The third-order valence-electron chi connectivity index (χ3n) is 3.44. The number of carbonyl (C=O) groups is 2. The summed E-state index contributed by atoms with van der Waals surface area (Å²) in [7, 11) is 1.30. The van der Waals surface area contributed by atoms with E-state index in [1.807, 2.05) is 42.5 Å². The molecule has 0 fully saturated rings. The van der Waals surface area contributed by atoms with Crippen LogP contribution in [-0.4, -0.2) is 19.4 Å². The predicted octanol–water partition coefficient (Wildman–Crippen LogP) is 3.30. The van der Waals surface area contributed by atoms with Gasteiger partial charge in [-0.1, -0.05) is 58.4 Å². The molecule has 0 saturated carbocycles. The van der Waals surface area contributed by atoms with Crippen LogP contribution in [0.2, 0.25) is 0 Å². The van der Waals surface area contributed by atoms with Crippen LogP contribution < -0.4 is 0 Å². The smallest absolute Gasteiger partial charge is 0.323 e. The zero-order chi connectivity index (χ0) is 15.3. The predicted molar refractivity (Wildman–Crippen MR) is 84.0 cm³/mol. The molecule has 4 heteroatoms. The van der Waals surface area contributed by atoms with Gasteiger partial charge in [-0.2, -0.15) is 0 Å². The van der Waals surface area contributed by atoms with E-state index in [9.17, 15) is 9.59 Å². The molecule has 3 nitrogen and oxygen atoms in total. The fraction of sp³-hybridized carbons (Fsp3) is 0.176. The van der Waals surface area contributed by atoms with Gasteiger partial charge in [0, 0.05) is 4.47 Å². The Morgan fingerprint density at radius 1 is 1.14 bits per heavy atom. The zero-order valence-electron chi connectivity index (χ0n) is 11.6. The Balaban J connectivity index is 2.50. The summed E-state index contributed by atoms with van der Waals surface area (Å²) in [4.78, 5) is 24.1. The lowest BCUT2D eigenvalue weighted by Crippen LogP contribution is -2.40. The van der Waals surface area contributed by atoms with Crippen molar-refractivity contribution in [3.8, 4) is 0 Å². The van der Waals surface area contributed by atoms with Crippen molar-refractivity contribution in [3.63, 3.8) is 0 Å². The molecule has 2 aromatic rings. The Morgan fingerprint density at radius 3 is 2.29 bits per heavy atom. The van der Waals surface area contributed by atoms with Gasteiger partial charge in [-0.05, 0) is 29.7 Å². The highest BCUT2D eigenvalue weighted by atomic mass is 79.9. The van der Waals surface area contributed by atoms with Crippen molar-refractivity contribution in [1.29, 1.82) is 0 Å². The maximum absolute atomic E-state index is 12.3. The monoisotopic (exact) mass is 346 g/mol. The molecule has 0 aliphatic heterocycles. The lowest BCUT2D eigenvalue weighted by atomic mass is 9.77. The molecule has 21 heavy (non-hydrogen) atoms. The van der Waals surface area contributed by atoms with Crippen LogP contribution in [0, 0.1) is 0 Å². The molecule has 1 atom stereocenters. The van der Waals surface area contributed by atoms with Crippen LogP contribution >= 0.6 is 15.9 Å². The summed E-state index contributed by atoms with van der Waals surface area (Å²) in [5.74, 6) is -0.552. The van der Waals surface area contributed by atoms with Crippen molar-refractivity contribution in [2.24, 2.45) is 0 Å². The molecule has 2 rings (SSSR count). The lowest BCUT2D eigenvalue weighted by molar-refractivity contribution is -0.149. The van der Waals surface area contributed by atoms with Gasteiger partial charge in [0.2, 0.25) is 0 Å². The molecule has 0 aromatic heterocycles. The molecule has 0 N–H and O–H groups in total. The molecule has 2 aromatic carbocycles. The molecule has 108 valence electrons. The fourth-order valence-corrected chi connectivity index (χ4v) is 2.56. The number of halogens is 1. The summed E-state index contributed by atoms with van der Waals surface area (Å²) < 4.78 is 5.77. The third-order valence-corrected chi connectivity index (χ3v) is 3.96. The van der Waals surface area contributed by atoms with Crippen LogP contribution in [0.4, 0.5) is 0 Å². The maximum atomic E-state index is 12.3. The van der Waals surface area contributed by atoms with Gasteiger partial charge in [0.05, 0.1) is 7.11 Å². The van der Waals surface area contributed by atoms with Gasteiger partial charge in [0.15, 0.2) is 5.41 Å². The molecule has 0 bridgehead atoms. The van der Waals surface area contributed by atoms with Crippen molar-refractivity contribution < 1.29 is 14.3 Å². The van der Waals surface area contributed by atoms with Gasteiger partial charge in [0.1, 0.15) is 6.29 Å². The highest BCUT2D eigenvalue weighted by molar-refractivity contribution is 9.10. The number of hydrogen-bond acceptors (Lipinski definition) is 3. The van der Waals surface area contributed by atoms with E-state index in [0.717, 1.165) is 10.0 Å². The highest BCUT2D eigenvalue weighted by Crippen LogP contribution is 2.29. The summed E-state index contributed by atoms with van der Waals surface area (Å²) in [5, 5.41) is 0. The summed E-state index contributed by atoms with van der Waals surface area (Å²) in [6.45, 7) is 0. The number of hydrogen-bond donors (Lipinski definition) is 0. The molecule has 0 aliphatic carbocycles. The minimum atomic E-state index is -1.32. The second-order valence-corrected chi connectivity index (χ2v) is 5.67. The molecule has 0 amide bonds. The Labute approximate surface area is 132 Å². The average Bonchev–Trinajstić information content (AvgIpc) is 2.54. The molecule has 0 radical (unpaired) electrons. The number of rotatable bonds is 5. The van der Waals surface area contributed by atoms with Gasteiger partial charge in [0.25, 0.3) is 0 Å². The molecule has 0 spiro atoms. The Bertz CT molecular complexity index is 622. The van der Waals surface area contributed by atoms with Gasteiger partial charge in [-0.25, -0.2) is 0 Å². The number of methoxy groups -OCH3 is 1. The summed E-state index contributed by atoms with van der Waals surface area (Å²) >= 11 is 3.35. The second-order valence-electron chi connectivity index (χ2n) is 4.75. The third kappa shape index (κ3) is 3.22. The molecule has 0 aliphatic rings. The minimum absolute atomic E-state index is 0.269. The zero-order valence-corrected chi connectivity index (χ0v) is 13.2. The molecule has 0 heterocycles. The molecule has 0 saturated heterocycles. The van der Waals surface area contributed by atoms with E-state index < -0.39 is 11.4 Å². The number of ether oxygens (including phenoxy) is 1. The quantitative estimate of drug-likeness (QED) is 0.474. The summed E-state index contributed by atoms with van der Waals surface area (Å²) in [6.07, 6.45) is 0.945. The SMILES string of the molecule is COC(=O)[C@](C=O)(Cc1ccccc1)c1ccc(Br)cc1. The largest absolute Gasteiger partial charge is 0.468 e. The number of aldehydes is 1. The first-order valence-corrected chi connectivity index (χ1v) is 7.26. The van der Waals surface area contributed by atoms with Crippen LogP contribution in [0.5, 0.6) is 0 Å². The standard InChI is InChI=1S/C17H15BrO3/c1-21-16(20)17(12-19,11-13-5-3-2-4-6-13)14-7-9-15(18)10-8-14/h2-10,12H,11H2,1H3/t17-/m0/s1. The molecule has 0 unspecified atom stereocenters. The number of benzene rings is 2. The normalized spacial score (nSPS) is 13.2. The first kappa shape index (κ1) is 15.4. The number of carbonyl (C=O) groups excluding carboxylic acids is 2. The molecular weight excluding hydrogens is 332 g/mol. The van der Waals surface area contributed by atoms with Crippen molar-refractivity contribution in [3.05, 3.63) is 70.2 Å². The van der Waals surface area contributed by atoms with E-state index in [-0.39, 0.29) is 6.42 Å². The lowest BCUT2D eigenvalue weighted by Gasteiger charge is -2.26. The Morgan fingerprint density at radius 2 is 1.76 bits per heavy atom. The van der Waals surface area contributed by atoms with Crippen molar-refractivity contribution >= 4 is 28.2 Å². The van der Waals surface area contributed by atoms with Crippen LogP contribution in [0.3, 0.4) is 0 Å². The second kappa shape index (κ2) is 6.68. The topological polar surface area (TPSA) is 43.4 Å². The van der Waals surface area contributed by atoms with E-state index in [4.69, 9.17) is 4.74 Å². The van der Waals surface area contributed by atoms with E-state index in [1.165, 1.54) is 7.11 Å². The molecular formula is C17H15BrO3. The first-order valence-electron chi connectivity index (χ1n) is 6.47. The van der Waals surface area contributed by atoms with Crippen molar-refractivity contribution in [1.82, 2.24) is 0 Å². The van der Waals surface area contributed by atoms with Gasteiger partial charge in [-0.15, -0.1) is 0 Å². The van der Waals surface area contributed by atoms with Gasteiger partial charge >= 0.3 is 5.97 Å². The van der Waals surface area contributed by atoms with Crippen molar-refractivity contribution in [2.75, 3.05) is 7.11 Å². The highest BCUT2D eigenvalue weighted by Gasteiger charge is 2.41. The van der Waals surface area contributed by atoms with Crippen LogP contribution in [0.25, 0.3) is 0 Å². The van der Waals surface area contributed by atoms with Crippen LogP contribution in [-0.2, 0) is 26.2 Å². The Kier molecular flexibility index (Phi) is 4.91. The van der Waals surface area contributed by atoms with Gasteiger partial charge in [-0.3, -0.25) is 4.79 Å². The van der Waals surface area contributed by atoms with E-state index in [2.05, 4.69) is 15.9 Å². The fourth-order valence-electron chi connectivity index (χ4n) is 2.30. The Hall–Kier alpha value is -1.94. The van der Waals surface area contributed by atoms with Crippen LogP contribution in [0.1, 0.15) is 11.1 Å².